The highest BCUT2D eigenvalue weighted by atomic mass is 79.9. The fourth-order valence-corrected chi connectivity index (χ4v) is 3.08. The van der Waals surface area contributed by atoms with Gasteiger partial charge in [-0.15, -0.1) is 11.6 Å². The number of methoxy groups -OCH3 is 1. The smallest absolute Gasteiger partial charge is 0.123 e. The monoisotopic (exact) mass is 331 g/mol. The SMILES string of the molecule is COc1ccc(Br)cc1CNC1CC(Cl)C1(C)C. The molecular formula is C14H19BrClNO. The van der Waals surface area contributed by atoms with Crippen molar-refractivity contribution >= 4 is 27.5 Å². The highest BCUT2D eigenvalue weighted by Crippen LogP contribution is 2.44. The fraction of sp³-hybridized carbons (Fsp3) is 0.571. The molecule has 1 fully saturated rings. The van der Waals surface area contributed by atoms with Gasteiger partial charge in [0.15, 0.2) is 0 Å². The van der Waals surface area contributed by atoms with Crippen LogP contribution >= 0.6 is 27.5 Å². The van der Waals surface area contributed by atoms with Gasteiger partial charge in [-0.1, -0.05) is 29.8 Å². The Labute approximate surface area is 122 Å². The number of halogens is 2. The minimum atomic E-state index is 0.167. The average molecular weight is 333 g/mol. The number of nitrogens with one attached hydrogen (secondary N) is 1. The van der Waals surface area contributed by atoms with E-state index in [1.54, 1.807) is 7.11 Å². The third-order valence-electron chi connectivity index (χ3n) is 3.93. The second kappa shape index (κ2) is 5.40. The van der Waals surface area contributed by atoms with Crippen LogP contribution in [0.3, 0.4) is 0 Å². The number of hydrogen-bond acceptors (Lipinski definition) is 2. The van der Waals surface area contributed by atoms with Crippen LogP contribution in [0, 0.1) is 5.41 Å². The molecule has 2 atom stereocenters. The Morgan fingerprint density at radius 2 is 2.22 bits per heavy atom. The lowest BCUT2D eigenvalue weighted by Crippen LogP contribution is -2.57. The zero-order valence-corrected chi connectivity index (χ0v) is 13.3. The maximum absolute atomic E-state index is 6.23. The van der Waals surface area contributed by atoms with E-state index in [9.17, 15) is 0 Å². The van der Waals surface area contributed by atoms with Crippen LogP contribution in [0.25, 0.3) is 0 Å². The van der Waals surface area contributed by atoms with E-state index in [1.165, 1.54) is 5.56 Å². The van der Waals surface area contributed by atoms with Gasteiger partial charge in [0.2, 0.25) is 0 Å². The molecule has 1 N–H and O–H groups in total. The zero-order valence-electron chi connectivity index (χ0n) is 11.0. The molecule has 18 heavy (non-hydrogen) atoms. The number of ether oxygens (including phenoxy) is 1. The predicted octanol–water partition coefficient (Wildman–Crippen LogP) is 3.95. The van der Waals surface area contributed by atoms with E-state index < -0.39 is 0 Å². The van der Waals surface area contributed by atoms with E-state index in [1.807, 2.05) is 12.1 Å². The fourth-order valence-electron chi connectivity index (χ4n) is 2.34. The molecule has 0 bridgehead atoms. The van der Waals surface area contributed by atoms with E-state index >= 15 is 0 Å². The van der Waals surface area contributed by atoms with Crippen LogP contribution in [0.1, 0.15) is 25.8 Å². The van der Waals surface area contributed by atoms with Gasteiger partial charge in [-0.3, -0.25) is 0 Å². The lowest BCUT2D eigenvalue weighted by molar-refractivity contribution is 0.115. The third-order valence-corrected chi connectivity index (χ3v) is 5.16. The predicted molar refractivity (Wildman–Crippen MR) is 79.4 cm³/mol. The Morgan fingerprint density at radius 3 is 2.78 bits per heavy atom. The summed E-state index contributed by atoms with van der Waals surface area (Å²) in [4.78, 5) is 0. The van der Waals surface area contributed by atoms with Crippen LogP contribution in [0.15, 0.2) is 22.7 Å². The summed E-state index contributed by atoms with van der Waals surface area (Å²) in [6.45, 7) is 5.23. The Hall–Kier alpha value is -0.250. The largest absolute Gasteiger partial charge is 0.496 e. The molecule has 1 aliphatic rings. The summed E-state index contributed by atoms with van der Waals surface area (Å²) in [6, 6.07) is 6.54. The number of alkyl halides is 1. The van der Waals surface area contributed by atoms with Crippen LogP contribution in [0.2, 0.25) is 0 Å². The quantitative estimate of drug-likeness (QED) is 0.843. The highest BCUT2D eigenvalue weighted by Gasteiger charge is 2.46. The standard InChI is InChI=1S/C14H19BrClNO/c1-14(2)12(16)7-13(14)17-8-9-6-10(15)4-5-11(9)18-3/h4-6,12-13,17H,7-8H2,1-3H3. The molecule has 0 radical (unpaired) electrons. The summed E-state index contributed by atoms with van der Waals surface area (Å²) in [6.07, 6.45) is 1.03. The van der Waals surface area contributed by atoms with Crippen molar-refractivity contribution in [2.45, 2.75) is 38.2 Å². The molecule has 2 nitrogen and oxygen atoms in total. The van der Waals surface area contributed by atoms with Gasteiger partial charge in [-0.05, 0) is 30.0 Å². The molecular weight excluding hydrogens is 314 g/mol. The Morgan fingerprint density at radius 1 is 1.50 bits per heavy atom. The Balaban J connectivity index is 2.01. The summed E-state index contributed by atoms with van der Waals surface area (Å²) in [5.41, 5.74) is 1.33. The van der Waals surface area contributed by atoms with Gasteiger partial charge < -0.3 is 10.1 Å². The van der Waals surface area contributed by atoms with Gasteiger partial charge in [0.05, 0.1) is 7.11 Å². The van der Waals surface area contributed by atoms with Crippen molar-refractivity contribution in [1.29, 1.82) is 0 Å². The van der Waals surface area contributed by atoms with Crippen molar-refractivity contribution in [2.75, 3.05) is 7.11 Å². The highest BCUT2D eigenvalue weighted by molar-refractivity contribution is 9.10. The number of benzene rings is 1. The van der Waals surface area contributed by atoms with Crippen LogP contribution in [0.4, 0.5) is 0 Å². The van der Waals surface area contributed by atoms with Gasteiger partial charge in [0, 0.05) is 28.0 Å². The number of rotatable bonds is 4. The molecule has 0 amide bonds. The second-order valence-corrected chi connectivity index (χ2v) is 6.86. The van der Waals surface area contributed by atoms with E-state index in [-0.39, 0.29) is 10.8 Å². The summed E-state index contributed by atoms with van der Waals surface area (Å²) in [5.74, 6) is 0.922. The minimum absolute atomic E-state index is 0.167. The van der Waals surface area contributed by atoms with Gasteiger partial charge >= 0.3 is 0 Å². The molecule has 1 saturated carbocycles. The third kappa shape index (κ3) is 2.68. The first-order valence-electron chi connectivity index (χ1n) is 6.15. The Kier molecular flexibility index (Phi) is 4.25. The first-order chi connectivity index (χ1) is 8.45. The van der Waals surface area contributed by atoms with Crippen molar-refractivity contribution in [3.05, 3.63) is 28.2 Å². The topological polar surface area (TPSA) is 21.3 Å². The minimum Gasteiger partial charge on any atom is -0.496 e. The van der Waals surface area contributed by atoms with E-state index in [2.05, 4.69) is 41.2 Å². The molecule has 100 valence electrons. The molecule has 1 aromatic carbocycles. The van der Waals surface area contributed by atoms with Gasteiger partial charge in [0.25, 0.3) is 0 Å². The molecule has 0 heterocycles. The molecule has 0 aromatic heterocycles. The first kappa shape index (κ1) is 14.2. The van der Waals surface area contributed by atoms with Crippen LogP contribution in [-0.4, -0.2) is 18.5 Å². The molecule has 4 heteroatoms. The molecule has 2 unspecified atom stereocenters. The number of hydrogen-bond donors (Lipinski definition) is 1. The lowest BCUT2D eigenvalue weighted by atomic mass is 9.67. The average Bonchev–Trinajstić information content (AvgIpc) is 2.34. The second-order valence-electron chi connectivity index (χ2n) is 5.41. The summed E-state index contributed by atoms with van der Waals surface area (Å²) >= 11 is 9.72. The van der Waals surface area contributed by atoms with Crippen molar-refractivity contribution < 1.29 is 4.74 Å². The Bertz CT molecular complexity index is 436. The zero-order chi connectivity index (χ0) is 13.3. The van der Waals surface area contributed by atoms with Gasteiger partial charge in [-0.2, -0.15) is 0 Å². The molecule has 1 aliphatic carbocycles. The maximum Gasteiger partial charge on any atom is 0.123 e. The van der Waals surface area contributed by atoms with Crippen LogP contribution < -0.4 is 10.1 Å². The van der Waals surface area contributed by atoms with Crippen LogP contribution in [0.5, 0.6) is 5.75 Å². The van der Waals surface area contributed by atoms with Crippen molar-refractivity contribution in [2.24, 2.45) is 5.41 Å². The molecule has 1 aromatic rings. The van der Waals surface area contributed by atoms with E-state index in [4.69, 9.17) is 16.3 Å². The molecule has 0 aliphatic heterocycles. The van der Waals surface area contributed by atoms with E-state index in [0.29, 0.717) is 6.04 Å². The summed E-state index contributed by atoms with van der Waals surface area (Å²) in [5, 5.41) is 3.85. The first-order valence-corrected chi connectivity index (χ1v) is 7.38. The summed E-state index contributed by atoms with van der Waals surface area (Å²) in [7, 11) is 1.70. The lowest BCUT2D eigenvalue weighted by Gasteiger charge is -2.49. The normalized spacial score (nSPS) is 25.6. The van der Waals surface area contributed by atoms with Gasteiger partial charge in [-0.25, -0.2) is 0 Å². The molecule has 0 saturated heterocycles. The van der Waals surface area contributed by atoms with Crippen molar-refractivity contribution in [1.82, 2.24) is 5.32 Å². The van der Waals surface area contributed by atoms with Crippen LogP contribution in [-0.2, 0) is 6.54 Å². The van der Waals surface area contributed by atoms with Crippen molar-refractivity contribution in [3.8, 4) is 5.75 Å². The van der Waals surface area contributed by atoms with Gasteiger partial charge in [0.1, 0.15) is 5.75 Å². The summed E-state index contributed by atoms with van der Waals surface area (Å²) < 4.78 is 6.44. The maximum atomic E-state index is 6.23. The molecule has 2 rings (SSSR count). The van der Waals surface area contributed by atoms with Crippen molar-refractivity contribution in [3.63, 3.8) is 0 Å². The molecule has 0 spiro atoms. The van der Waals surface area contributed by atoms with E-state index in [0.717, 1.165) is 23.2 Å².